The van der Waals surface area contributed by atoms with Crippen molar-refractivity contribution < 1.29 is 8.42 Å². The number of hydrogen-bond acceptors (Lipinski definition) is 4. The lowest BCUT2D eigenvalue weighted by atomic mass is 10.1. The van der Waals surface area contributed by atoms with Crippen LogP contribution in [0.1, 0.15) is 18.9 Å². The van der Waals surface area contributed by atoms with Crippen molar-refractivity contribution in [2.24, 2.45) is 0 Å². The lowest BCUT2D eigenvalue weighted by Crippen LogP contribution is -2.39. The highest BCUT2D eigenvalue weighted by atomic mass is 32.2. The third-order valence-corrected chi connectivity index (χ3v) is 7.56. The van der Waals surface area contributed by atoms with Gasteiger partial charge in [0.05, 0.1) is 4.90 Å². The van der Waals surface area contributed by atoms with Crippen molar-refractivity contribution in [3.63, 3.8) is 0 Å². The summed E-state index contributed by atoms with van der Waals surface area (Å²) < 4.78 is 29.7. The van der Waals surface area contributed by atoms with Crippen LogP contribution >= 0.6 is 0 Å². The van der Waals surface area contributed by atoms with Gasteiger partial charge in [0.15, 0.2) is 5.65 Å². The Balaban J connectivity index is 1.47. The second-order valence-electron chi connectivity index (χ2n) is 7.47. The molecule has 2 aromatic heterocycles. The summed E-state index contributed by atoms with van der Waals surface area (Å²) in [5, 5.41) is 0. The number of sulfonamides is 1. The number of piperidine rings is 1. The molecule has 0 aliphatic carbocycles. The Kier molecular flexibility index (Phi) is 4.84. The second kappa shape index (κ2) is 7.66. The van der Waals surface area contributed by atoms with Crippen LogP contribution in [-0.2, 0) is 10.0 Å². The van der Waals surface area contributed by atoms with E-state index in [2.05, 4.69) is 9.55 Å². The molecule has 2 aromatic carbocycles. The van der Waals surface area contributed by atoms with Crippen LogP contribution in [0.2, 0.25) is 0 Å². The van der Waals surface area contributed by atoms with Crippen LogP contribution in [-0.4, -0.2) is 40.3 Å². The number of aromatic nitrogens is 3. The molecule has 1 fully saturated rings. The van der Waals surface area contributed by atoms with E-state index >= 15 is 0 Å². The van der Waals surface area contributed by atoms with Gasteiger partial charge in [-0.3, -0.25) is 0 Å². The van der Waals surface area contributed by atoms with Gasteiger partial charge in [-0.2, -0.15) is 4.31 Å². The lowest BCUT2D eigenvalue weighted by molar-refractivity contribution is 0.278. The smallest absolute Gasteiger partial charge is 0.243 e. The van der Waals surface area contributed by atoms with E-state index in [0.717, 1.165) is 22.6 Å². The van der Waals surface area contributed by atoms with Gasteiger partial charge >= 0.3 is 0 Å². The number of hydrogen-bond donors (Lipinski definition) is 0. The van der Waals surface area contributed by atoms with Gasteiger partial charge < -0.3 is 4.57 Å². The van der Waals surface area contributed by atoms with Gasteiger partial charge in [-0.25, -0.2) is 18.4 Å². The zero-order valence-corrected chi connectivity index (χ0v) is 17.2. The predicted octanol–water partition coefficient (Wildman–Crippen LogP) is 4.12. The molecule has 0 saturated carbocycles. The van der Waals surface area contributed by atoms with Gasteiger partial charge in [0, 0.05) is 30.9 Å². The van der Waals surface area contributed by atoms with Gasteiger partial charge in [-0.05, 0) is 37.1 Å². The summed E-state index contributed by atoms with van der Waals surface area (Å²) in [7, 11) is -3.47. The molecule has 0 radical (unpaired) electrons. The maximum Gasteiger partial charge on any atom is 0.243 e. The highest BCUT2D eigenvalue weighted by Gasteiger charge is 2.31. The minimum Gasteiger partial charge on any atom is -0.305 e. The van der Waals surface area contributed by atoms with Crippen LogP contribution in [0.5, 0.6) is 0 Å². The summed E-state index contributed by atoms with van der Waals surface area (Å²) in [5.74, 6) is 0.883. The van der Waals surface area contributed by atoms with Gasteiger partial charge in [0.25, 0.3) is 0 Å². The fraction of sp³-hybridized carbons (Fsp3) is 0.217. The first-order valence-electron chi connectivity index (χ1n) is 10.1. The molecule has 5 rings (SSSR count). The van der Waals surface area contributed by atoms with Crippen molar-refractivity contribution in [2.75, 3.05) is 13.1 Å². The summed E-state index contributed by atoms with van der Waals surface area (Å²) in [4.78, 5) is 9.78. The van der Waals surface area contributed by atoms with E-state index in [-0.39, 0.29) is 6.04 Å². The fourth-order valence-electron chi connectivity index (χ4n) is 4.15. The van der Waals surface area contributed by atoms with E-state index in [1.807, 2.05) is 48.5 Å². The molecule has 3 heterocycles. The number of rotatable bonds is 4. The molecule has 1 saturated heterocycles. The van der Waals surface area contributed by atoms with Crippen LogP contribution in [0.4, 0.5) is 0 Å². The van der Waals surface area contributed by atoms with Crippen molar-refractivity contribution in [1.82, 2.24) is 18.8 Å². The summed E-state index contributed by atoms with van der Waals surface area (Å²) in [6.07, 6.45) is 3.21. The van der Waals surface area contributed by atoms with E-state index < -0.39 is 10.0 Å². The van der Waals surface area contributed by atoms with Crippen LogP contribution in [0.25, 0.3) is 22.6 Å². The molecule has 4 aromatic rings. The minimum absolute atomic E-state index is 0.141. The molecule has 0 spiro atoms. The Morgan fingerprint density at radius 3 is 2.20 bits per heavy atom. The molecule has 0 bridgehead atoms. The van der Waals surface area contributed by atoms with E-state index in [9.17, 15) is 8.42 Å². The second-order valence-corrected chi connectivity index (χ2v) is 9.40. The van der Waals surface area contributed by atoms with Crippen molar-refractivity contribution in [3.8, 4) is 11.4 Å². The van der Waals surface area contributed by atoms with E-state index in [1.165, 1.54) is 0 Å². The topological polar surface area (TPSA) is 68.1 Å². The van der Waals surface area contributed by atoms with Crippen LogP contribution in [0.3, 0.4) is 0 Å². The normalized spacial score (nSPS) is 16.1. The lowest BCUT2D eigenvalue weighted by Gasteiger charge is -2.32. The average molecular weight is 419 g/mol. The van der Waals surface area contributed by atoms with E-state index in [0.29, 0.717) is 30.8 Å². The van der Waals surface area contributed by atoms with Crippen molar-refractivity contribution in [2.45, 2.75) is 23.8 Å². The Morgan fingerprint density at radius 2 is 1.50 bits per heavy atom. The molecule has 7 heteroatoms. The van der Waals surface area contributed by atoms with E-state index in [4.69, 9.17) is 4.98 Å². The Morgan fingerprint density at radius 1 is 0.833 bits per heavy atom. The van der Waals surface area contributed by atoms with Gasteiger partial charge in [0.1, 0.15) is 11.3 Å². The minimum atomic E-state index is -3.47. The van der Waals surface area contributed by atoms with Crippen LogP contribution in [0, 0.1) is 0 Å². The van der Waals surface area contributed by atoms with Crippen molar-refractivity contribution in [1.29, 1.82) is 0 Å². The molecule has 1 aliphatic rings. The first-order valence-corrected chi connectivity index (χ1v) is 11.5. The first-order chi connectivity index (χ1) is 14.6. The fourth-order valence-corrected chi connectivity index (χ4v) is 5.64. The molecule has 152 valence electrons. The maximum absolute atomic E-state index is 13.0. The monoisotopic (exact) mass is 418 g/mol. The molecule has 1 aliphatic heterocycles. The quantitative estimate of drug-likeness (QED) is 0.500. The Bertz CT molecular complexity index is 1260. The zero-order valence-electron chi connectivity index (χ0n) is 16.4. The molecular formula is C23H22N4O2S. The summed E-state index contributed by atoms with van der Waals surface area (Å²) in [6, 6.07) is 22.7. The first kappa shape index (κ1) is 19.0. The molecule has 0 unspecified atom stereocenters. The summed E-state index contributed by atoms with van der Waals surface area (Å²) in [5.41, 5.74) is 2.74. The molecular weight excluding hydrogens is 396 g/mol. The third kappa shape index (κ3) is 3.30. The molecule has 30 heavy (non-hydrogen) atoms. The average Bonchev–Trinajstić information content (AvgIpc) is 3.20. The Hall–Kier alpha value is -3.03. The number of pyridine rings is 1. The molecule has 6 nitrogen and oxygen atoms in total. The van der Waals surface area contributed by atoms with Crippen LogP contribution < -0.4 is 0 Å². The Labute approximate surface area is 175 Å². The van der Waals surface area contributed by atoms with Gasteiger partial charge in [0.2, 0.25) is 10.0 Å². The van der Waals surface area contributed by atoms with Gasteiger partial charge in [-0.15, -0.1) is 0 Å². The predicted molar refractivity (Wildman–Crippen MR) is 116 cm³/mol. The number of imidazole rings is 1. The zero-order chi connectivity index (χ0) is 20.6. The van der Waals surface area contributed by atoms with E-state index in [1.54, 1.807) is 34.8 Å². The van der Waals surface area contributed by atoms with Crippen molar-refractivity contribution >= 4 is 21.2 Å². The molecule has 0 N–H and O–H groups in total. The maximum atomic E-state index is 13.0. The summed E-state index contributed by atoms with van der Waals surface area (Å²) >= 11 is 0. The number of benzene rings is 2. The van der Waals surface area contributed by atoms with Crippen LogP contribution in [0.15, 0.2) is 83.9 Å². The summed E-state index contributed by atoms with van der Waals surface area (Å²) in [6.45, 7) is 0.950. The highest BCUT2D eigenvalue weighted by molar-refractivity contribution is 7.89. The SMILES string of the molecule is O=S(=O)(c1ccccc1)N1CCC(n2c(-c3ccccc3)nc3cccnc32)CC1. The number of nitrogens with zero attached hydrogens (tertiary/aromatic N) is 4. The van der Waals surface area contributed by atoms with Crippen molar-refractivity contribution in [3.05, 3.63) is 79.0 Å². The third-order valence-electron chi connectivity index (χ3n) is 5.65. The molecule has 0 amide bonds. The molecule has 0 atom stereocenters. The van der Waals surface area contributed by atoms with Gasteiger partial charge in [-0.1, -0.05) is 48.5 Å². The largest absolute Gasteiger partial charge is 0.305 e. The standard InChI is InChI=1S/C23H22N4O2S/c28-30(29,20-10-5-2-6-11-20)26-16-13-19(14-17-26)27-22(18-8-3-1-4-9-18)25-21-12-7-15-24-23(21)27/h1-12,15,19H,13-14,16-17H2. The number of fused-ring (bicyclic) bond motifs is 1. The highest BCUT2D eigenvalue weighted by Crippen LogP contribution is 2.33.